The van der Waals surface area contributed by atoms with E-state index in [0.29, 0.717) is 0 Å². The molecule has 2 aliphatic rings. The van der Waals surface area contributed by atoms with Crippen LogP contribution in [0.15, 0.2) is 192 Å². The van der Waals surface area contributed by atoms with Crippen molar-refractivity contribution >= 4 is 55.4 Å². The highest BCUT2D eigenvalue weighted by atomic mass is 32.2. The van der Waals surface area contributed by atoms with Gasteiger partial charge in [0.1, 0.15) is 0 Å². The van der Waals surface area contributed by atoms with Crippen molar-refractivity contribution in [2.75, 3.05) is 0 Å². The molecular formula is C49H30N2S. The fourth-order valence-electron chi connectivity index (χ4n) is 9.51. The van der Waals surface area contributed by atoms with Gasteiger partial charge in [-0.25, -0.2) is 0 Å². The van der Waals surface area contributed by atoms with Crippen molar-refractivity contribution in [2.45, 2.75) is 15.2 Å². The van der Waals surface area contributed by atoms with Gasteiger partial charge in [0.25, 0.3) is 0 Å². The molecule has 1 spiro atoms. The van der Waals surface area contributed by atoms with Crippen LogP contribution in [0, 0.1) is 0 Å². The molecule has 1 unspecified atom stereocenters. The molecule has 0 bridgehead atoms. The van der Waals surface area contributed by atoms with Gasteiger partial charge in [-0.15, -0.1) is 0 Å². The second-order valence-corrected chi connectivity index (χ2v) is 15.1. The Morgan fingerprint density at radius 1 is 0.365 bits per heavy atom. The van der Waals surface area contributed by atoms with Gasteiger partial charge < -0.3 is 9.13 Å². The third-order valence-corrected chi connectivity index (χ3v) is 12.7. The van der Waals surface area contributed by atoms with Gasteiger partial charge in [-0.2, -0.15) is 0 Å². The van der Waals surface area contributed by atoms with Crippen LogP contribution in [0.2, 0.25) is 0 Å². The van der Waals surface area contributed by atoms with Crippen molar-refractivity contribution in [1.29, 1.82) is 0 Å². The van der Waals surface area contributed by atoms with E-state index in [9.17, 15) is 0 Å². The maximum absolute atomic E-state index is 2.52. The minimum absolute atomic E-state index is 0.503. The Bertz CT molecular complexity index is 3110. The molecule has 12 rings (SSSR count). The second kappa shape index (κ2) is 10.4. The van der Waals surface area contributed by atoms with Crippen LogP contribution in [0.4, 0.5) is 0 Å². The molecule has 3 heteroatoms. The Balaban J connectivity index is 1.18. The molecule has 0 fully saturated rings. The Morgan fingerprint density at radius 3 is 1.83 bits per heavy atom. The van der Waals surface area contributed by atoms with Gasteiger partial charge in [0, 0.05) is 37.0 Å². The van der Waals surface area contributed by atoms with Crippen LogP contribution >= 0.6 is 11.8 Å². The molecule has 242 valence electrons. The number of rotatable bonds is 2. The van der Waals surface area contributed by atoms with Gasteiger partial charge in [0.05, 0.1) is 33.2 Å². The zero-order valence-electron chi connectivity index (χ0n) is 28.1. The lowest BCUT2D eigenvalue weighted by atomic mass is 9.62. The number of hydrogen-bond acceptors (Lipinski definition) is 1. The monoisotopic (exact) mass is 678 g/mol. The summed E-state index contributed by atoms with van der Waals surface area (Å²) in [5.74, 6) is 0. The average molecular weight is 679 g/mol. The van der Waals surface area contributed by atoms with Crippen molar-refractivity contribution in [2.24, 2.45) is 0 Å². The lowest BCUT2D eigenvalue weighted by Crippen LogP contribution is -2.37. The highest BCUT2D eigenvalue weighted by Gasteiger charge is 2.49. The smallest absolute Gasteiger partial charge is 0.0764 e. The van der Waals surface area contributed by atoms with E-state index in [4.69, 9.17) is 0 Å². The number of aromatic nitrogens is 2. The molecule has 0 aliphatic carbocycles. The summed E-state index contributed by atoms with van der Waals surface area (Å²) in [5.41, 5.74) is 14.7. The summed E-state index contributed by atoms with van der Waals surface area (Å²) in [5, 5.41) is 5.13. The lowest BCUT2D eigenvalue weighted by molar-refractivity contribution is 0.690. The first-order valence-electron chi connectivity index (χ1n) is 17.9. The van der Waals surface area contributed by atoms with E-state index in [0.717, 1.165) is 0 Å². The first-order chi connectivity index (χ1) is 25.8. The van der Waals surface area contributed by atoms with E-state index in [1.54, 1.807) is 0 Å². The molecule has 4 heterocycles. The van der Waals surface area contributed by atoms with Gasteiger partial charge in [0.15, 0.2) is 0 Å². The largest absolute Gasteiger partial charge is 0.309 e. The van der Waals surface area contributed by atoms with Crippen LogP contribution in [0.25, 0.3) is 66.1 Å². The number of nitrogens with zero attached hydrogens (tertiary/aromatic N) is 2. The van der Waals surface area contributed by atoms with Gasteiger partial charge in [0.2, 0.25) is 0 Å². The quantitative estimate of drug-likeness (QED) is 0.177. The summed E-state index contributed by atoms with van der Waals surface area (Å²) in [7, 11) is 0. The predicted octanol–water partition coefficient (Wildman–Crippen LogP) is 12.7. The van der Waals surface area contributed by atoms with E-state index in [2.05, 4.69) is 191 Å². The molecule has 2 nitrogen and oxygen atoms in total. The number of para-hydroxylation sites is 5. The first kappa shape index (κ1) is 28.4. The van der Waals surface area contributed by atoms with E-state index in [1.165, 1.54) is 98.2 Å². The highest BCUT2D eigenvalue weighted by molar-refractivity contribution is 7.99. The van der Waals surface area contributed by atoms with Crippen molar-refractivity contribution in [3.8, 4) is 22.5 Å². The average Bonchev–Trinajstić information content (AvgIpc) is 3.73. The minimum Gasteiger partial charge on any atom is -0.309 e. The van der Waals surface area contributed by atoms with Crippen LogP contribution in [-0.4, -0.2) is 9.13 Å². The van der Waals surface area contributed by atoms with E-state index < -0.39 is 5.41 Å². The third-order valence-electron chi connectivity index (χ3n) is 11.6. The summed E-state index contributed by atoms with van der Waals surface area (Å²) in [6, 6.07) is 67.8. The van der Waals surface area contributed by atoms with Crippen LogP contribution in [0.3, 0.4) is 0 Å². The van der Waals surface area contributed by atoms with Crippen LogP contribution in [0.5, 0.6) is 0 Å². The van der Waals surface area contributed by atoms with Gasteiger partial charge in [-0.05, 0) is 88.0 Å². The molecule has 0 radical (unpaired) electrons. The normalized spacial score (nSPS) is 15.7. The van der Waals surface area contributed by atoms with E-state index in [-0.39, 0.29) is 0 Å². The molecule has 0 amide bonds. The SMILES string of the molecule is c1ccc(-n2c3ccccc3c3ccc(-c4ccc5c(c4)C4(c6ccccc6S5)c5ccccc5-n5c6ccccc6c6cccc4c65)cc32)cc1. The van der Waals surface area contributed by atoms with E-state index in [1.807, 2.05) is 11.8 Å². The van der Waals surface area contributed by atoms with Crippen molar-refractivity contribution in [1.82, 2.24) is 9.13 Å². The van der Waals surface area contributed by atoms with Gasteiger partial charge >= 0.3 is 0 Å². The first-order valence-corrected chi connectivity index (χ1v) is 18.8. The molecular weight excluding hydrogens is 649 g/mol. The molecule has 2 aromatic heterocycles. The summed E-state index contributed by atoms with van der Waals surface area (Å²) >= 11 is 1.90. The Labute approximate surface area is 305 Å². The number of fused-ring (bicyclic) bond motifs is 14. The predicted molar refractivity (Wildman–Crippen MR) is 217 cm³/mol. The Hall–Kier alpha value is -6.29. The number of hydrogen-bond donors (Lipinski definition) is 0. The Kier molecular flexibility index (Phi) is 5.67. The summed E-state index contributed by atoms with van der Waals surface area (Å²) in [4.78, 5) is 2.62. The molecule has 0 saturated carbocycles. The molecule has 52 heavy (non-hydrogen) atoms. The lowest BCUT2D eigenvalue weighted by Gasteiger charge is -2.45. The highest BCUT2D eigenvalue weighted by Crippen LogP contribution is 2.60. The molecule has 8 aromatic carbocycles. The molecule has 1 atom stereocenters. The summed E-state index contributed by atoms with van der Waals surface area (Å²) in [6.07, 6.45) is 0. The maximum atomic E-state index is 2.52. The molecule has 0 N–H and O–H groups in total. The maximum Gasteiger partial charge on any atom is 0.0764 e. The van der Waals surface area contributed by atoms with E-state index >= 15 is 0 Å². The van der Waals surface area contributed by atoms with Crippen LogP contribution in [-0.2, 0) is 5.41 Å². The van der Waals surface area contributed by atoms with Gasteiger partial charge in [-0.3, -0.25) is 0 Å². The number of benzene rings is 8. The summed E-state index contributed by atoms with van der Waals surface area (Å²) < 4.78 is 4.93. The second-order valence-electron chi connectivity index (χ2n) is 14.1. The standard InChI is InChI=1S/C49H30N2S/c1-2-13-33(14-3-1)50-42-21-8-4-15-34(42)36-27-25-32(30-45(36)50)31-26-28-47-41(29-31)49(39-19-7-11-24-46(39)52-47)38-18-6-10-23-44(38)51-43-22-9-5-16-35(43)37-17-12-20-40(49)48(37)51/h1-30H. The Morgan fingerprint density at radius 2 is 0.962 bits per heavy atom. The van der Waals surface area contributed by atoms with Crippen LogP contribution in [0.1, 0.15) is 22.3 Å². The third kappa shape index (κ3) is 3.56. The van der Waals surface area contributed by atoms with Crippen LogP contribution < -0.4 is 0 Å². The minimum atomic E-state index is -0.503. The molecule has 10 aromatic rings. The van der Waals surface area contributed by atoms with Crippen molar-refractivity contribution in [3.63, 3.8) is 0 Å². The fourth-order valence-corrected chi connectivity index (χ4v) is 10.7. The van der Waals surface area contributed by atoms with Crippen molar-refractivity contribution in [3.05, 3.63) is 204 Å². The zero-order valence-corrected chi connectivity index (χ0v) is 28.9. The molecule has 2 aliphatic heterocycles. The fraction of sp³-hybridized carbons (Fsp3) is 0.0204. The molecule has 0 saturated heterocycles. The zero-order chi connectivity index (χ0) is 34.0. The topological polar surface area (TPSA) is 9.86 Å². The van der Waals surface area contributed by atoms with Crippen molar-refractivity contribution < 1.29 is 0 Å². The summed E-state index contributed by atoms with van der Waals surface area (Å²) in [6.45, 7) is 0. The van der Waals surface area contributed by atoms with Gasteiger partial charge in [-0.1, -0.05) is 139 Å².